The summed E-state index contributed by atoms with van der Waals surface area (Å²) in [6, 6.07) is 10.2. The molecular formula is C20H17FN4OS. The summed E-state index contributed by atoms with van der Waals surface area (Å²) in [5, 5.41) is 11.6. The van der Waals surface area contributed by atoms with Gasteiger partial charge in [-0.15, -0.1) is 0 Å². The lowest BCUT2D eigenvalue weighted by atomic mass is 9.83. The van der Waals surface area contributed by atoms with Gasteiger partial charge >= 0.3 is 0 Å². The highest BCUT2D eigenvalue weighted by Gasteiger charge is 2.34. The highest BCUT2D eigenvalue weighted by molar-refractivity contribution is 7.22. The monoisotopic (exact) mass is 380 g/mol. The molecule has 27 heavy (non-hydrogen) atoms. The Kier molecular flexibility index (Phi) is 3.72. The molecule has 2 N–H and O–H groups in total. The smallest absolute Gasteiger partial charge is 0.229 e. The summed E-state index contributed by atoms with van der Waals surface area (Å²) < 4.78 is 14.0. The van der Waals surface area contributed by atoms with E-state index in [0.29, 0.717) is 18.0 Å². The molecule has 0 spiro atoms. The Bertz CT molecular complexity index is 1180. The molecule has 0 saturated heterocycles. The summed E-state index contributed by atoms with van der Waals surface area (Å²) >= 11 is 1.44. The lowest BCUT2D eigenvalue weighted by Crippen LogP contribution is -2.35. The summed E-state index contributed by atoms with van der Waals surface area (Å²) in [4.78, 5) is 16.6. The molecule has 2 aromatic heterocycles. The summed E-state index contributed by atoms with van der Waals surface area (Å²) in [7, 11) is 0. The molecule has 0 radical (unpaired) electrons. The first kappa shape index (κ1) is 16.4. The van der Waals surface area contributed by atoms with E-state index < -0.39 is 6.17 Å². The average Bonchev–Trinajstić information content (AvgIpc) is 3.24. The number of amides is 1. The number of aryl methyl sites for hydroxylation is 1. The second-order valence-corrected chi connectivity index (χ2v) is 8.08. The molecule has 1 saturated carbocycles. The van der Waals surface area contributed by atoms with Gasteiger partial charge in [0.05, 0.1) is 21.9 Å². The third kappa shape index (κ3) is 2.78. The van der Waals surface area contributed by atoms with E-state index in [9.17, 15) is 9.18 Å². The van der Waals surface area contributed by atoms with Gasteiger partial charge in [-0.1, -0.05) is 23.5 Å². The van der Waals surface area contributed by atoms with Gasteiger partial charge in [0.15, 0.2) is 5.13 Å². The van der Waals surface area contributed by atoms with Gasteiger partial charge in [-0.3, -0.25) is 9.89 Å². The second-order valence-electron chi connectivity index (χ2n) is 7.05. The van der Waals surface area contributed by atoms with Gasteiger partial charge in [-0.25, -0.2) is 9.37 Å². The number of hydrogen-bond donors (Lipinski definition) is 2. The maximum absolute atomic E-state index is 13.0. The molecule has 1 amide bonds. The van der Waals surface area contributed by atoms with Crippen LogP contribution in [0.1, 0.15) is 18.4 Å². The van der Waals surface area contributed by atoms with Crippen LogP contribution in [0.5, 0.6) is 0 Å². The first-order chi connectivity index (χ1) is 13.1. The summed E-state index contributed by atoms with van der Waals surface area (Å²) in [6.07, 6.45) is 1.63. The molecule has 0 unspecified atom stereocenters. The predicted octanol–water partition coefficient (Wildman–Crippen LogP) is 4.83. The standard InChI is InChI=1S/C20H17FN4OS/c1-10-2-4-15-14(9-22-25-15)18(10)11-3-5-16-17(8-11)27-20(23-16)24-19(26)12-6-13(21)7-12/h2-5,8-9,12-13H,6-7H2,1H3,(H,22,25)(H,23,24,26)/t12-,13-. The van der Waals surface area contributed by atoms with Gasteiger partial charge < -0.3 is 5.32 Å². The molecule has 0 atom stereocenters. The van der Waals surface area contributed by atoms with Crippen molar-refractivity contribution >= 4 is 43.5 Å². The number of carbonyl (C=O) groups is 1. The normalized spacial score (nSPS) is 19.3. The molecule has 0 aliphatic heterocycles. The van der Waals surface area contributed by atoms with E-state index >= 15 is 0 Å². The van der Waals surface area contributed by atoms with Crippen LogP contribution in [0.3, 0.4) is 0 Å². The summed E-state index contributed by atoms with van der Waals surface area (Å²) in [5.74, 6) is -0.369. The molecule has 1 fully saturated rings. The molecule has 136 valence electrons. The molecule has 5 nitrogen and oxygen atoms in total. The Balaban J connectivity index is 1.49. The van der Waals surface area contributed by atoms with Gasteiger partial charge in [0.25, 0.3) is 0 Å². The highest BCUT2D eigenvalue weighted by Crippen LogP contribution is 2.36. The Hall–Kier alpha value is -2.80. The van der Waals surface area contributed by atoms with Crippen molar-refractivity contribution in [2.24, 2.45) is 5.92 Å². The first-order valence-electron chi connectivity index (χ1n) is 8.87. The summed E-state index contributed by atoms with van der Waals surface area (Å²) in [6.45, 7) is 2.08. The Labute approximate surface area is 158 Å². The number of halogens is 1. The van der Waals surface area contributed by atoms with Crippen molar-refractivity contribution in [1.29, 1.82) is 0 Å². The predicted molar refractivity (Wildman–Crippen MR) is 106 cm³/mol. The first-order valence-corrected chi connectivity index (χ1v) is 9.69. The molecule has 7 heteroatoms. The van der Waals surface area contributed by atoms with Crippen molar-refractivity contribution < 1.29 is 9.18 Å². The molecule has 5 rings (SSSR count). The van der Waals surface area contributed by atoms with E-state index in [1.807, 2.05) is 24.4 Å². The zero-order chi connectivity index (χ0) is 18.5. The van der Waals surface area contributed by atoms with Gasteiger partial charge in [0.1, 0.15) is 6.17 Å². The zero-order valence-electron chi connectivity index (χ0n) is 14.6. The average molecular weight is 380 g/mol. The minimum absolute atomic E-state index is 0.137. The number of fused-ring (bicyclic) bond motifs is 2. The fourth-order valence-electron chi connectivity index (χ4n) is 3.61. The van der Waals surface area contributed by atoms with Crippen LogP contribution in [0.15, 0.2) is 36.5 Å². The van der Waals surface area contributed by atoms with Crippen LogP contribution < -0.4 is 5.32 Å². The van der Waals surface area contributed by atoms with Crippen molar-refractivity contribution in [3.8, 4) is 11.1 Å². The number of hydrogen-bond acceptors (Lipinski definition) is 4. The number of benzene rings is 2. The number of H-pyrrole nitrogens is 1. The van der Waals surface area contributed by atoms with E-state index in [-0.39, 0.29) is 11.8 Å². The highest BCUT2D eigenvalue weighted by atomic mass is 32.1. The number of rotatable bonds is 3. The molecule has 0 bridgehead atoms. The fraction of sp³-hybridized carbons (Fsp3) is 0.250. The maximum Gasteiger partial charge on any atom is 0.229 e. The van der Waals surface area contributed by atoms with Crippen molar-refractivity contribution in [2.45, 2.75) is 25.9 Å². The molecule has 1 aliphatic carbocycles. The van der Waals surface area contributed by atoms with Crippen LogP contribution in [0.4, 0.5) is 9.52 Å². The quantitative estimate of drug-likeness (QED) is 0.534. The SMILES string of the molecule is Cc1ccc2[nH]ncc2c1-c1ccc2nc(NC(=O)[C@H]3C[C@H](F)C3)sc2c1. The van der Waals surface area contributed by atoms with Crippen LogP contribution >= 0.6 is 11.3 Å². The van der Waals surface area contributed by atoms with E-state index in [0.717, 1.165) is 32.2 Å². The van der Waals surface area contributed by atoms with Gasteiger partial charge in [0, 0.05) is 11.3 Å². The third-order valence-corrected chi connectivity index (χ3v) is 6.12. The number of aromatic amines is 1. The van der Waals surface area contributed by atoms with Crippen molar-refractivity contribution in [3.05, 3.63) is 42.1 Å². The van der Waals surface area contributed by atoms with E-state index in [2.05, 4.69) is 39.6 Å². The van der Waals surface area contributed by atoms with Crippen LogP contribution in [-0.2, 0) is 4.79 Å². The fourth-order valence-corrected chi connectivity index (χ4v) is 4.52. The van der Waals surface area contributed by atoms with Crippen molar-refractivity contribution in [3.63, 3.8) is 0 Å². The van der Waals surface area contributed by atoms with Crippen LogP contribution in [0, 0.1) is 12.8 Å². The van der Waals surface area contributed by atoms with Gasteiger partial charge in [0.2, 0.25) is 5.91 Å². The number of aromatic nitrogens is 3. The molecular weight excluding hydrogens is 363 g/mol. The molecule has 1 aliphatic rings. The Morgan fingerprint density at radius 1 is 1.30 bits per heavy atom. The van der Waals surface area contributed by atoms with Crippen LogP contribution in [0.2, 0.25) is 0 Å². The number of nitrogens with one attached hydrogen (secondary N) is 2. The minimum atomic E-state index is -0.840. The molecule has 2 heterocycles. The number of anilines is 1. The van der Waals surface area contributed by atoms with Crippen molar-refractivity contribution in [1.82, 2.24) is 15.2 Å². The largest absolute Gasteiger partial charge is 0.302 e. The van der Waals surface area contributed by atoms with E-state index in [1.165, 1.54) is 16.9 Å². The maximum atomic E-state index is 13.0. The lowest BCUT2D eigenvalue weighted by molar-refractivity contribution is -0.124. The van der Waals surface area contributed by atoms with Gasteiger partial charge in [-0.05, 0) is 54.7 Å². The Morgan fingerprint density at radius 3 is 2.96 bits per heavy atom. The van der Waals surface area contributed by atoms with Crippen molar-refractivity contribution in [2.75, 3.05) is 5.32 Å². The number of alkyl halides is 1. The lowest BCUT2D eigenvalue weighted by Gasteiger charge is -2.27. The van der Waals surface area contributed by atoms with Gasteiger partial charge in [-0.2, -0.15) is 5.10 Å². The van der Waals surface area contributed by atoms with E-state index in [1.54, 1.807) is 0 Å². The van der Waals surface area contributed by atoms with Crippen LogP contribution in [0.25, 0.3) is 32.2 Å². The minimum Gasteiger partial charge on any atom is -0.302 e. The van der Waals surface area contributed by atoms with Crippen LogP contribution in [-0.4, -0.2) is 27.3 Å². The topological polar surface area (TPSA) is 70.7 Å². The number of nitrogens with zero attached hydrogens (tertiary/aromatic N) is 2. The third-order valence-electron chi connectivity index (χ3n) is 5.19. The summed E-state index contributed by atoms with van der Waals surface area (Å²) in [5.41, 5.74) is 5.25. The zero-order valence-corrected chi connectivity index (χ0v) is 15.4. The van der Waals surface area contributed by atoms with E-state index in [4.69, 9.17) is 0 Å². The number of thiazole rings is 1. The second kappa shape index (κ2) is 6.13. The number of carbonyl (C=O) groups excluding carboxylic acids is 1. The molecule has 2 aromatic carbocycles. The molecule has 4 aromatic rings. The Morgan fingerprint density at radius 2 is 2.15 bits per heavy atom.